The van der Waals surface area contributed by atoms with Crippen molar-refractivity contribution in [1.82, 2.24) is 4.98 Å². The number of anilines is 3. The van der Waals surface area contributed by atoms with Gasteiger partial charge in [0.25, 0.3) is 0 Å². The lowest BCUT2D eigenvalue weighted by molar-refractivity contribution is -0.137. The van der Waals surface area contributed by atoms with Crippen molar-refractivity contribution >= 4 is 39.8 Å². The van der Waals surface area contributed by atoms with Crippen molar-refractivity contribution in [3.05, 3.63) is 59.1 Å². The average molecular weight is 434 g/mol. The molecule has 0 atom stereocenters. The zero-order valence-electron chi connectivity index (χ0n) is 14.7. The van der Waals surface area contributed by atoms with Gasteiger partial charge in [0, 0.05) is 16.5 Å². The van der Waals surface area contributed by atoms with E-state index in [1.807, 2.05) is 23.6 Å². The van der Waals surface area contributed by atoms with Crippen LogP contribution in [0.15, 0.2) is 52.9 Å². The summed E-state index contributed by atoms with van der Waals surface area (Å²) in [5.41, 5.74) is 0.216. The molecule has 1 aromatic heterocycles. The first kappa shape index (κ1) is 19.4. The van der Waals surface area contributed by atoms with Crippen molar-refractivity contribution in [1.29, 1.82) is 5.26 Å². The molecule has 0 unspecified atom stereocenters. The van der Waals surface area contributed by atoms with Crippen LogP contribution in [-0.2, 0) is 6.18 Å². The van der Waals surface area contributed by atoms with E-state index in [0.29, 0.717) is 24.6 Å². The third-order valence-electron chi connectivity index (χ3n) is 4.22. The second-order valence-electron chi connectivity index (χ2n) is 6.01. The predicted octanol–water partition coefficient (Wildman–Crippen LogP) is 5.68. The van der Waals surface area contributed by atoms with Crippen molar-refractivity contribution in [3.63, 3.8) is 0 Å². The molecule has 10 heteroatoms. The Morgan fingerprint density at radius 1 is 1.21 bits per heavy atom. The number of alkyl halides is 3. The minimum Gasteiger partial charge on any atom is -0.489 e. The molecular formula is C19H13F3N4OS2. The van der Waals surface area contributed by atoms with Crippen molar-refractivity contribution in [2.45, 2.75) is 11.1 Å². The van der Waals surface area contributed by atoms with Crippen molar-refractivity contribution in [2.75, 3.05) is 22.8 Å². The van der Waals surface area contributed by atoms with Crippen LogP contribution < -0.4 is 14.4 Å². The summed E-state index contributed by atoms with van der Waals surface area (Å²) in [6.45, 7) is 0.634. The average Bonchev–Trinajstić information content (AvgIpc) is 3.24. The highest BCUT2D eigenvalue weighted by Gasteiger charge is 2.32. The lowest BCUT2D eigenvalue weighted by Crippen LogP contribution is -2.29. The van der Waals surface area contributed by atoms with E-state index in [4.69, 9.17) is 4.74 Å². The first-order chi connectivity index (χ1) is 14.0. The topological polar surface area (TPSA) is 61.2 Å². The van der Waals surface area contributed by atoms with Gasteiger partial charge in [-0.05, 0) is 48.3 Å². The van der Waals surface area contributed by atoms with E-state index in [2.05, 4.69) is 9.71 Å². The molecule has 4 rings (SSSR count). The number of halogens is 3. The molecule has 1 N–H and O–H groups in total. The monoisotopic (exact) mass is 434 g/mol. The minimum absolute atomic E-state index is 0.176. The molecule has 1 aliphatic rings. The van der Waals surface area contributed by atoms with Crippen LogP contribution in [0, 0.1) is 11.3 Å². The molecule has 5 nitrogen and oxygen atoms in total. The second kappa shape index (κ2) is 7.85. The molecule has 0 saturated carbocycles. The van der Waals surface area contributed by atoms with E-state index < -0.39 is 11.7 Å². The fourth-order valence-electron chi connectivity index (χ4n) is 2.92. The van der Waals surface area contributed by atoms with Crippen LogP contribution in [0.3, 0.4) is 0 Å². The van der Waals surface area contributed by atoms with Crippen molar-refractivity contribution in [3.8, 4) is 11.8 Å². The summed E-state index contributed by atoms with van der Waals surface area (Å²) in [6.07, 6.45) is -2.79. The summed E-state index contributed by atoms with van der Waals surface area (Å²) in [6, 6.07) is 10.6. The van der Waals surface area contributed by atoms with Gasteiger partial charge in [-0.25, -0.2) is 4.98 Å². The summed E-state index contributed by atoms with van der Waals surface area (Å²) >= 11 is 2.83. The first-order valence-electron chi connectivity index (χ1n) is 8.44. The number of ether oxygens (including phenoxy) is 1. The SMILES string of the molecule is N#Cc1ccc(C(F)(F)F)cc1N1CCOc2cc(SNc3nccs3)ccc21. The van der Waals surface area contributed by atoms with E-state index in [1.165, 1.54) is 29.4 Å². The molecule has 1 aliphatic heterocycles. The molecule has 0 radical (unpaired) electrons. The largest absolute Gasteiger partial charge is 0.489 e. The number of hydrogen-bond acceptors (Lipinski definition) is 7. The third kappa shape index (κ3) is 4.11. The number of thiazole rings is 1. The Morgan fingerprint density at radius 3 is 2.79 bits per heavy atom. The quantitative estimate of drug-likeness (QED) is 0.533. The molecular weight excluding hydrogens is 421 g/mol. The molecule has 0 aliphatic carbocycles. The van der Waals surface area contributed by atoms with Crippen LogP contribution in [0.1, 0.15) is 11.1 Å². The highest BCUT2D eigenvalue weighted by atomic mass is 32.2. The van der Waals surface area contributed by atoms with E-state index in [-0.39, 0.29) is 11.3 Å². The molecule has 29 heavy (non-hydrogen) atoms. The predicted molar refractivity (Wildman–Crippen MR) is 107 cm³/mol. The number of nitrogens with zero attached hydrogens (tertiary/aromatic N) is 3. The Hall–Kier alpha value is -2.90. The van der Waals surface area contributed by atoms with Crippen molar-refractivity contribution in [2.24, 2.45) is 0 Å². The summed E-state index contributed by atoms with van der Waals surface area (Å²) in [4.78, 5) is 6.70. The summed E-state index contributed by atoms with van der Waals surface area (Å²) < 4.78 is 48.4. The normalized spacial score (nSPS) is 13.4. The van der Waals surface area contributed by atoms with E-state index >= 15 is 0 Å². The number of hydrogen-bond donors (Lipinski definition) is 1. The summed E-state index contributed by atoms with van der Waals surface area (Å²) in [5.74, 6) is 0.545. The van der Waals surface area contributed by atoms with E-state index in [1.54, 1.807) is 17.2 Å². The maximum Gasteiger partial charge on any atom is 0.416 e. The molecule has 0 fully saturated rings. The van der Waals surface area contributed by atoms with Crippen LogP contribution in [0.25, 0.3) is 0 Å². The van der Waals surface area contributed by atoms with Gasteiger partial charge in [-0.3, -0.25) is 0 Å². The lowest BCUT2D eigenvalue weighted by atomic mass is 10.1. The standard InChI is InChI=1S/C19H13F3N4OS2/c20-19(21,22)13-2-1-12(11-23)16(9-13)26-6-7-27-17-10-14(3-4-15(17)26)29-25-18-24-5-8-28-18/h1-5,8-10H,6-7H2,(H,24,25). The molecule has 2 aromatic carbocycles. The van der Waals surface area contributed by atoms with Crippen molar-refractivity contribution < 1.29 is 17.9 Å². The van der Waals surface area contributed by atoms with Gasteiger partial charge in [0.15, 0.2) is 5.13 Å². The fraction of sp³-hybridized carbons (Fsp3) is 0.158. The smallest absolute Gasteiger partial charge is 0.416 e. The van der Waals surface area contributed by atoms with Gasteiger partial charge in [-0.2, -0.15) is 18.4 Å². The Morgan fingerprint density at radius 2 is 2.07 bits per heavy atom. The fourth-order valence-corrected chi connectivity index (χ4v) is 4.17. The van der Waals surface area contributed by atoms with Crippen LogP contribution >= 0.6 is 23.3 Å². The van der Waals surface area contributed by atoms with E-state index in [0.717, 1.165) is 22.2 Å². The number of aromatic nitrogens is 1. The maximum atomic E-state index is 13.2. The zero-order chi connectivity index (χ0) is 20.4. The highest BCUT2D eigenvalue weighted by molar-refractivity contribution is 8.00. The van der Waals surface area contributed by atoms with Gasteiger partial charge in [-0.15, -0.1) is 11.3 Å². The van der Waals surface area contributed by atoms with Crippen LogP contribution in [0.5, 0.6) is 5.75 Å². The van der Waals surface area contributed by atoms with Gasteiger partial charge in [0.2, 0.25) is 0 Å². The Balaban J connectivity index is 1.66. The number of rotatable bonds is 4. The van der Waals surface area contributed by atoms with Gasteiger partial charge >= 0.3 is 6.18 Å². The molecule has 3 aromatic rings. The Bertz CT molecular complexity index is 1060. The molecule has 0 spiro atoms. The second-order valence-corrected chi connectivity index (χ2v) is 7.79. The number of fused-ring (bicyclic) bond motifs is 1. The van der Waals surface area contributed by atoms with Crippen LogP contribution in [0.2, 0.25) is 0 Å². The number of nitriles is 1. The zero-order valence-corrected chi connectivity index (χ0v) is 16.4. The highest BCUT2D eigenvalue weighted by Crippen LogP contribution is 2.42. The molecule has 0 amide bonds. The molecule has 0 saturated heterocycles. The van der Waals surface area contributed by atoms with Crippen LogP contribution in [-0.4, -0.2) is 18.1 Å². The lowest BCUT2D eigenvalue weighted by Gasteiger charge is -2.32. The maximum absolute atomic E-state index is 13.2. The summed E-state index contributed by atoms with van der Waals surface area (Å²) in [5, 5.41) is 12.0. The number of nitrogens with one attached hydrogen (secondary N) is 1. The molecule has 0 bridgehead atoms. The third-order valence-corrected chi connectivity index (χ3v) is 5.82. The molecule has 2 heterocycles. The van der Waals surface area contributed by atoms with Gasteiger partial charge in [-0.1, -0.05) is 0 Å². The van der Waals surface area contributed by atoms with Gasteiger partial charge in [0.05, 0.1) is 29.0 Å². The van der Waals surface area contributed by atoms with Gasteiger partial charge in [0.1, 0.15) is 18.4 Å². The van der Waals surface area contributed by atoms with E-state index in [9.17, 15) is 18.4 Å². The molecule has 148 valence electrons. The number of benzene rings is 2. The Kier molecular flexibility index (Phi) is 5.25. The first-order valence-corrected chi connectivity index (χ1v) is 10.1. The van der Waals surface area contributed by atoms with Gasteiger partial charge < -0.3 is 14.4 Å². The summed E-state index contributed by atoms with van der Waals surface area (Å²) in [7, 11) is 0. The van der Waals surface area contributed by atoms with Crippen LogP contribution in [0.4, 0.5) is 29.7 Å². The minimum atomic E-state index is -4.49. The Labute approximate surface area is 172 Å².